The van der Waals surface area contributed by atoms with Crippen molar-refractivity contribution in [3.63, 3.8) is 0 Å². The van der Waals surface area contributed by atoms with Gasteiger partial charge in [-0.2, -0.15) is 0 Å². The number of nitro groups is 1. The van der Waals surface area contributed by atoms with Gasteiger partial charge < -0.3 is 19.7 Å². The van der Waals surface area contributed by atoms with Crippen molar-refractivity contribution in [3.8, 4) is 11.5 Å². The monoisotopic (exact) mass is 419 g/mol. The van der Waals surface area contributed by atoms with Crippen LogP contribution in [0.1, 0.15) is 10.4 Å². The SMILES string of the molecule is O=C(Nc1ccc(Oc2ccccc2)cc1)c1cc([N+](=O)[O-])ccc1N1CCOCC1. The van der Waals surface area contributed by atoms with Crippen molar-refractivity contribution in [2.24, 2.45) is 0 Å². The molecule has 0 spiro atoms. The molecule has 1 amide bonds. The van der Waals surface area contributed by atoms with Crippen molar-refractivity contribution in [1.29, 1.82) is 0 Å². The number of hydrogen-bond donors (Lipinski definition) is 1. The number of hydrogen-bond acceptors (Lipinski definition) is 6. The predicted molar refractivity (Wildman–Crippen MR) is 117 cm³/mol. The van der Waals surface area contributed by atoms with E-state index >= 15 is 0 Å². The highest BCUT2D eigenvalue weighted by Gasteiger charge is 2.22. The molecule has 1 aliphatic heterocycles. The van der Waals surface area contributed by atoms with Crippen LogP contribution in [0.15, 0.2) is 72.8 Å². The summed E-state index contributed by atoms with van der Waals surface area (Å²) in [5, 5.41) is 14.1. The van der Waals surface area contributed by atoms with E-state index < -0.39 is 10.8 Å². The fourth-order valence-electron chi connectivity index (χ4n) is 3.33. The zero-order valence-corrected chi connectivity index (χ0v) is 16.7. The molecule has 31 heavy (non-hydrogen) atoms. The third-order valence-electron chi connectivity index (χ3n) is 4.88. The Morgan fingerprint density at radius 1 is 0.968 bits per heavy atom. The van der Waals surface area contributed by atoms with Crippen LogP contribution in [0, 0.1) is 10.1 Å². The second kappa shape index (κ2) is 9.27. The number of rotatable bonds is 6. The first kappa shape index (κ1) is 20.4. The molecule has 0 atom stereocenters. The lowest BCUT2D eigenvalue weighted by molar-refractivity contribution is -0.384. The molecule has 1 fully saturated rings. The molecule has 1 saturated heterocycles. The van der Waals surface area contributed by atoms with Gasteiger partial charge in [0.1, 0.15) is 11.5 Å². The minimum Gasteiger partial charge on any atom is -0.457 e. The first-order valence-corrected chi connectivity index (χ1v) is 9.85. The number of carbonyl (C=O) groups is 1. The predicted octanol–water partition coefficient (Wildman–Crippen LogP) is 4.48. The lowest BCUT2D eigenvalue weighted by Gasteiger charge is -2.30. The summed E-state index contributed by atoms with van der Waals surface area (Å²) >= 11 is 0. The lowest BCUT2D eigenvalue weighted by Crippen LogP contribution is -2.37. The zero-order valence-electron chi connectivity index (χ0n) is 16.7. The van der Waals surface area contributed by atoms with Gasteiger partial charge >= 0.3 is 0 Å². The van der Waals surface area contributed by atoms with E-state index in [1.165, 1.54) is 12.1 Å². The Morgan fingerprint density at radius 2 is 1.65 bits per heavy atom. The molecule has 4 rings (SSSR count). The van der Waals surface area contributed by atoms with E-state index in [0.29, 0.717) is 49.2 Å². The summed E-state index contributed by atoms with van der Waals surface area (Å²) in [6.45, 7) is 2.31. The summed E-state index contributed by atoms with van der Waals surface area (Å²) in [5.41, 5.74) is 1.33. The summed E-state index contributed by atoms with van der Waals surface area (Å²) < 4.78 is 11.1. The molecule has 3 aromatic carbocycles. The van der Waals surface area contributed by atoms with Crippen LogP contribution >= 0.6 is 0 Å². The van der Waals surface area contributed by atoms with Crippen molar-refractivity contribution in [2.75, 3.05) is 36.5 Å². The van der Waals surface area contributed by atoms with E-state index in [1.54, 1.807) is 30.3 Å². The van der Waals surface area contributed by atoms with Crippen LogP contribution in [0.2, 0.25) is 0 Å². The second-order valence-electron chi connectivity index (χ2n) is 6.95. The quantitative estimate of drug-likeness (QED) is 0.468. The molecule has 0 bridgehead atoms. The van der Waals surface area contributed by atoms with E-state index in [4.69, 9.17) is 9.47 Å². The van der Waals surface area contributed by atoms with E-state index in [2.05, 4.69) is 5.32 Å². The van der Waals surface area contributed by atoms with Gasteiger partial charge in [-0.3, -0.25) is 14.9 Å². The summed E-state index contributed by atoms with van der Waals surface area (Å²) in [5.74, 6) is 0.932. The van der Waals surface area contributed by atoms with Crippen molar-refractivity contribution in [1.82, 2.24) is 0 Å². The van der Waals surface area contributed by atoms with Gasteiger partial charge in [0.25, 0.3) is 11.6 Å². The number of benzene rings is 3. The Balaban J connectivity index is 1.53. The van der Waals surface area contributed by atoms with E-state index in [1.807, 2.05) is 35.2 Å². The van der Waals surface area contributed by atoms with Crippen LogP contribution in [0.25, 0.3) is 0 Å². The van der Waals surface area contributed by atoms with Gasteiger partial charge in [0, 0.05) is 30.9 Å². The number of nitrogens with zero attached hydrogens (tertiary/aromatic N) is 2. The van der Waals surface area contributed by atoms with E-state index in [0.717, 1.165) is 0 Å². The Hall–Kier alpha value is -3.91. The van der Waals surface area contributed by atoms with Crippen molar-refractivity contribution in [3.05, 3.63) is 88.5 Å². The third kappa shape index (κ3) is 4.99. The normalized spacial score (nSPS) is 13.5. The molecule has 1 N–H and O–H groups in total. The molecule has 1 heterocycles. The zero-order chi connectivity index (χ0) is 21.6. The standard InChI is InChI=1S/C23H21N3O5/c27-23(24-17-6-9-20(10-7-17)31-19-4-2-1-3-5-19)21-16-18(26(28)29)8-11-22(21)25-12-14-30-15-13-25/h1-11,16H,12-15H2,(H,24,27). The van der Waals surface area contributed by atoms with Gasteiger partial charge in [-0.15, -0.1) is 0 Å². The third-order valence-corrected chi connectivity index (χ3v) is 4.88. The number of nitrogens with one attached hydrogen (secondary N) is 1. The molecule has 0 saturated carbocycles. The van der Waals surface area contributed by atoms with Crippen molar-refractivity contribution >= 4 is 23.0 Å². The van der Waals surface area contributed by atoms with Gasteiger partial charge in [-0.05, 0) is 42.5 Å². The summed E-state index contributed by atoms with van der Waals surface area (Å²) in [7, 11) is 0. The van der Waals surface area contributed by atoms with Gasteiger partial charge in [-0.25, -0.2) is 0 Å². The number of nitro benzene ring substituents is 1. The maximum absolute atomic E-state index is 13.0. The highest BCUT2D eigenvalue weighted by atomic mass is 16.6. The number of anilines is 2. The fourth-order valence-corrected chi connectivity index (χ4v) is 3.33. The molecule has 8 heteroatoms. The smallest absolute Gasteiger partial charge is 0.270 e. The van der Waals surface area contributed by atoms with Crippen LogP contribution in [0.4, 0.5) is 17.1 Å². The molecule has 8 nitrogen and oxygen atoms in total. The van der Waals surface area contributed by atoms with Crippen LogP contribution in [-0.4, -0.2) is 37.1 Å². The van der Waals surface area contributed by atoms with E-state index in [-0.39, 0.29) is 11.3 Å². The summed E-state index contributed by atoms with van der Waals surface area (Å²) in [6, 6.07) is 20.7. The van der Waals surface area contributed by atoms with Gasteiger partial charge in [0.15, 0.2) is 0 Å². The van der Waals surface area contributed by atoms with Crippen molar-refractivity contribution in [2.45, 2.75) is 0 Å². The number of non-ortho nitro benzene ring substituents is 1. The molecule has 0 radical (unpaired) electrons. The van der Waals surface area contributed by atoms with Gasteiger partial charge in [-0.1, -0.05) is 18.2 Å². The molecule has 0 aromatic heterocycles. The molecule has 0 unspecified atom stereocenters. The summed E-state index contributed by atoms with van der Waals surface area (Å²) in [6.07, 6.45) is 0. The summed E-state index contributed by atoms with van der Waals surface area (Å²) in [4.78, 5) is 25.7. The average molecular weight is 419 g/mol. The largest absolute Gasteiger partial charge is 0.457 e. The minimum atomic E-state index is -0.504. The Bertz CT molecular complexity index is 1060. The number of morpholine rings is 1. The Kier molecular flexibility index (Phi) is 6.09. The highest BCUT2D eigenvalue weighted by molar-refractivity contribution is 6.08. The number of amides is 1. The maximum Gasteiger partial charge on any atom is 0.270 e. The minimum absolute atomic E-state index is 0.131. The second-order valence-corrected chi connectivity index (χ2v) is 6.95. The van der Waals surface area contributed by atoms with E-state index in [9.17, 15) is 14.9 Å². The Labute approximate surface area is 179 Å². The fraction of sp³-hybridized carbons (Fsp3) is 0.174. The molecule has 0 aliphatic carbocycles. The van der Waals surface area contributed by atoms with Gasteiger partial charge in [0.2, 0.25) is 0 Å². The first-order chi connectivity index (χ1) is 15.1. The number of para-hydroxylation sites is 1. The van der Waals surface area contributed by atoms with Crippen LogP contribution in [-0.2, 0) is 4.74 Å². The van der Waals surface area contributed by atoms with Crippen LogP contribution < -0.4 is 15.0 Å². The molecule has 3 aromatic rings. The molecular weight excluding hydrogens is 398 g/mol. The lowest BCUT2D eigenvalue weighted by atomic mass is 10.1. The Morgan fingerprint density at radius 3 is 2.32 bits per heavy atom. The number of carbonyl (C=O) groups excluding carboxylic acids is 1. The topological polar surface area (TPSA) is 93.9 Å². The molecular formula is C23H21N3O5. The molecule has 1 aliphatic rings. The highest BCUT2D eigenvalue weighted by Crippen LogP contribution is 2.28. The number of ether oxygens (including phenoxy) is 2. The van der Waals surface area contributed by atoms with Crippen LogP contribution in [0.5, 0.6) is 11.5 Å². The molecule has 158 valence electrons. The maximum atomic E-state index is 13.0. The van der Waals surface area contributed by atoms with Crippen LogP contribution in [0.3, 0.4) is 0 Å². The average Bonchev–Trinajstić information content (AvgIpc) is 2.81. The first-order valence-electron chi connectivity index (χ1n) is 9.85. The van der Waals surface area contributed by atoms with Gasteiger partial charge in [0.05, 0.1) is 29.4 Å². The van der Waals surface area contributed by atoms with Crippen molar-refractivity contribution < 1.29 is 19.2 Å².